The van der Waals surface area contributed by atoms with Crippen LogP contribution in [0.25, 0.3) is 0 Å². The topological polar surface area (TPSA) is 194 Å². The second-order valence-electron chi connectivity index (χ2n) is 9.76. The average Bonchev–Trinajstić information content (AvgIpc) is 2.84. The Labute approximate surface area is 218 Å². The summed E-state index contributed by atoms with van der Waals surface area (Å²) in [6, 6.07) is 4.65. The number of rotatable bonds is 16. The summed E-state index contributed by atoms with van der Waals surface area (Å²) in [5.41, 5.74) is 11.9. The van der Waals surface area contributed by atoms with E-state index in [2.05, 4.69) is 16.0 Å². The highest BCUT2D eigenvalue weighted by Gasteiger charge is 2.31. The lowest BCUT2D eigenvalue weighted by molar-refractivity contribution is -0.142. The number of nitrogens with two attached hydrogens (primary N) is 2. The standard InChI is InChI=1S/C26H41N5O6/c1-5-16(4)22(28)25(35)31-19(13-15(2)3)23(33)30-20(14-17-9-7-6-8-10-17)24(34)29-18(26(36)37)11-12-21(27)32/h6-10,15-16,18-20,22H,5,11-14,28H2,1-4H3,(H2,27,32)(H,29,34)(H,30,33)(H,31,35)(H,36,37). The van der Waals surface area contributed by atoms with Crippen molar-refractivity contribution >= 4 is 29.6 Å². The SMILES string of the molecule is CCC(C)C(N)C(=O)NC(CC(C)C)C(=O)NC(Cc1ccccc1)C(=O)NC(CCC(N)=O)C(=O)O. The molecule has 1 aromatic rings. The van der Waals surface area contributed by atoms with Crippen molar-refractivity contribution in [1.29, 1.82) is 0 Å². The van der Waals surface area contributed by atoms with Gasteiger partial charge in [-0.1, -0.05) is 64.4 Å². The van der Waals surface area contributed by atoms with Gasteiger partial charge in [0, 0.05) is 12.8 Å². The zero-order valence-corrected chi connectivity index (χ0v) is 22.0. The van der Waals surface area contributed by atoms with E-state index in [0.29, 0.717) is 12.8 Å². The van der Waals surface area contributed by atoms with Crippen LogP contribution in [0.3, 0.4) is 0 Å². The molecular weight excluding hydrogens is 478 g/mol. The summed E-state index contributed by atoms with van der Waals surface area (Å²) in [7, 11) is 0. The van der Waals surface area contributed by atoms with Gasteiger partial charge in [0.25, 0.3) is 0 Å². The Morgan fingerprint density at radius 1 is 0.865 bits per heavy atom. The van der Waals surface area contributed by atoms with Crippen molar-refractivity contribution in [3.05, 3.63) is 35.9 Å². The second kappa shape index (κ2) is 15.6. The minimum Gasteiger partial charge on any atom is -0.480 e. The lowest BCUT2D eigenvalue weighted by Gasteiger charge is -2.27. The first kappa shape index (κ1) is 31.6. The highest BCUT2D eigenvalue weighted by molar-refractivity contribution is 5.94. The highest BCUT2D eigenvalue weighted by atomic mass is 16.4. The third-order valence-electron chi connectivity index (χ3n) is 6.11. The van der Waals surface area contributed by atoms with Gasteiger partial charge in [-0.2, -0.15) is 0 Å². The average molecular weight is 520 g/mol. The van der Waals surface area contributed by atoms with Crippen LogP contribution >= 0.6 is 0 Å². The van der Waals surface area contributed by atoms with Crippen molar-refractivity contribution in [2.45, 2.75) is 84.0 Å². The molecule has 0 saturated carbocycles. The van der Waals surface area contributed by atoms with Crippen LogP contribution in [-0.4, -0.2) is 58.9 Å². The van der Waals surface area contributed by atoms with Crippen LogP contribution in [0.2, 0.25) is 0 Å². The van der Waals surface area contributed by atoms with Crippen LogP contribution in [0.15, 0.2) is 30.3 Å². The largest absolute Gasteiger partial charge is 0.480 e. The quantitative estimate of drug-likeness (QED) is 0.182. The van der Waals surface area contributed by atoms with E-state index >= 15 is 0 Å². The third kappa shape index (κ3) is 11.4. The molecule has 37 heavy (non-hydrogen) atoms. The predicted octanol–water partition coefficient (Wildman–Crippen LogP) is 0.453. The fraction of sp³-hybridized carbons (Fsp3) is 0.577. The molecule has 0 aromatic heterocycles. The number of nitrogens with one attached hydrogen (secondary N) is 3. The van der Waals surface area contributed by atoms with E-state index in [0.717, 1.165) is 5.56 Å². The van der Waals surface area contributed by atoms with Gasteiger partial charge in [-0.3, -0.25) is 19.2 Å². The molecule has 0 fully saturated rings. The number of carboxylic acids is 1. The fourth-order valence-corrected chi connectivity index (χ4v) is 3.63. The Kier molecular flexibility index (Phi) is 13.3. The maximum atomic E-state index is 13.3. The molecule has 0 aliphatic carbocycles. The molecule has 0 aliphatic heterocycles. The van der Waals surface area contributed by atoms with Crippen molar-refractivity contribution in [2.24, 2.45) is 23.3 Å². The minimum absolute atomic E-state index is 0.0439. The van der Waals surface area contributed by atoms with Crippen LogP contribution in [0.1, 0.15) is 58.9 Å². The fourth-order valence-electron chi connectivity index (χ4n) is 3.63. The van der Waals surface area contributed by atoms with E-state index in [4.69, 9.17) is 11.5 Å². The monoisotopic (exact) mass is 519 g/mol. The molecule has 11 nitrogen and oxygen atoms in total. The van der Waals surface area contributed by atoms with Crippen LogP contribution < -0.4 is 27.4 Å². The van der Waals surface area contributed by atoms with Crippen molar-refractivity contribution in [2.75, 3.05) is 0 Å². The number of carbonyl (C=O) groups excluding carboxylic acids is 4. The van der Waals surface area contributed by atoms with Crippen molar-refractivity contribution in [3.63, 3.8) is 0 Å². The number of carbonyl (C=O) groups is 5. The van der Waals surface area contributed by atoms with Gasteiger partial charge in [0.2, 0.25) is 23.6 Å². The van der Waals surface area contributed by atoms with Crippen LogP contribution in [0.5, 0.6) is 0 Å². The normalized spacial score (nSPS) is 15.1. The smallest absolute Gasteiger partial charge is 0.326 e. The summed E-state index contributed by atoms with van der Waals surface area (Å²) >= 11 is 0. The van der Waals surface area contributed by atoms with E-state index in [1.54, 1.807) is 30.3 Å². The number of primary amides is 1. The summed E-state index contributed by atoms with van der Waals surface area (Å²) in [6.07, 6.45) is 0.652. The molecule has 0 saturated heterocycles. The molecule has 11 heteroatoms. The summed E-state index contributed by atoms with van der Waals surface area (Å²) in [6.45, 7) is 7.55. The van der Waals surface area contributed by atoms with Gasteiger partial charge in [0.1, 0.15) is 18.1 Å². The van der Waals surface area contributed by atoms with E-state index < -0.39 is 53.8 Å². The van der Waals surface area contributed by atoms with E-state index in [-0.39, 0.29) is 31.1 Å². The molecule has 0 heterocycles. The zero-order chi connectivity index (χ0) is 28.1. The number of hydrogen-bond acceptors (Lipinski definition) is 6. The number of hydrogen-bond donors (Lipinski definition) is 6. The molecule has 4 amide bonds. The number of amides is 4. The first-order valence-corrected chi connectivity index (χ1v) is 12.6. The van der Waals surface area contributed by atoms with Gasteiger partial charge in [-0.15, -0.1) is 0 Å². The summed E-state index contributed by atoms with van der Waals surface area (Å²) in [5.74, 6) is -3.86. The van der Waals surface area contributed by atoms with Gasteiger partial charge in [0.05, 0.1) is 6.04 Å². The third-order valence-corrected chi connectivity index (χ3v) is 6.11. The first-order valence-electron chi connectivity index (χ1n) is 12.6. The van der Waals surface area contributed by atoms with Crippen LogP contribution in [-0.2, 0) is 30.4 Å². The predicted molar refractivity (Wildman–Crippen MR) is 139 cm³/mol. The molecule has 1 rings (SSSR count). The first-order chi connectivity index (χ1) is 17.3. The Morgan fingerprint density at radius 3 is 1.92 bits per heavy atom. The Hall–Kier alpha value is -3.47. The summed E-state index contributed by atoms with van der Waals surface area (Å²) in [4.78, 5) is 61.9. The van der Waals surface area contributed by atoms with Crippen molar-refractivity contribution < 1.29 is 29.1 Å². The molecule has 206 valence electrons. The molecule has 0 spiro atoms. The van der Waals surface area contributed by atoms with Gasteiger partial charge in [0.15, 0.2) is 0 Å². The van der Waals surface area contributed by atoms with Gasteiger partial charge in [-0.05, 0) is 30.2 Å². The number of aliphatic carboxylic acids is 1. The van der Waals surface area contributed by atoms with Crippen LogP contribution in [0, 0.1) is 11.8 Å². The molecule has 8 N–H and O–H groups in total. The molecular formula is C26H41N5O6. The van der Waals surface area contributed by atoms with Crippen molar-refractivity contribution in [3.8, 4) is 0 Å². The number of carboxylic acid groups (broad SMARTS) is 1. The van der Waals surface area contributed by atoms with Gasteiger partial charge >= 0.3 is 5.97 Å². The maximum Gasteiger partial charge on any atom is 0.326 e. The Morgan fingerprint density at radius 2 is 1.41 bits per heavy atom. The van der Waals surface area contributed by atoms with E-state index in [1.165, 1.54) is 0 Å². The Balaban J connectivity index is 3.13. The molecule has 5 atom stereocenters. The van der Waals surface area contributed by atoms with Gasteiger partial charge in [-0.25, -0.2) is 4.79 Å². The molecule has 0 aliphatic rings. The number of benzene rings is 1. The Bertz CT molecular complexity index is 923. The lowest BCUT2D eigenvalue weighted by atomic mass is 9.97. The molecule has 0 bridgehead atoms. The summed E-state index contributed by atoms with van der Waals surface area (Å²) in [5, 5.41) is 17.3. The maximum absolute atomic E-state index is 13.3. The van der Waals surface area contributed by atoms with Gasteiger partial charge < -0.3 is 32.5 Å². The zero-order valence-electron chi connectivity index (χ0n) is 22.0. The molecule has 5 unspecified atom stereocenters. The van der Waals surface area contributed by atoms with Crippen LogP contribution in [0.4, 0.5) is 0 Å². The van der Waals surface area contributed by atoms with E-state index in [9.17, 15) is 29.1 Å². The summed E-state index contributed by atoms with van der Waals surface area (Å²) < 4.78 is 0. The molecule has 0 radical (unpaired) electrons. The minimum atomic E-state index is -1.37. The highest BCUT2D eigenvalue weighted by Crippen LogP contribution is 2.11. The van der Waals surface area contributed by atoms with Crippen molar-refractivity contribution in [1.82, 2.24) is 16.0 Å². The second-order valence-corrected chi connectivity index (χ2v) is 9.76. The molecule has 1 aromatic carbocycles. The lowest BCUT2D eigenvalue weighted by Crippen LogP contribution is -2.58. The van der Waals surface area contributed by atoms with E-state index in [1.807, 2.05) is 27.7 Å².